The van der Waals surface area contributed by atoms with Crippen LogP contribution in [0.15, 0.2) is 18.2 Å². The summed E-state index contributed by atoms with van der Waals surface area (Å²) >= 11 is 0. The highest BCUT2D eigenvalue weighted by Gasteiger charge is 2.27. The summed E-state index contributed by atoms with van der Waals surface area (Å²) in [6.07, 6.45) is 1.68. The van der Waals surface area contributed by atoms with Crippen LogP contribution in [0, 0.1) is 0 Å². The molecule has 0 unspecified atom stereocenters. The van der Waals surface area contributed by atoms with Crippen LogP contribution in [0.3, 0.4) is 0 Å². The highest BCUT2D eigenvalue weighted by atomic mass is 16.3. The summed E-state index contributed by atoms with van der Waals surface area (Å²) in [5.74, 6) is -0.0141. The second kappa shape index (κ2) is 5.90. The van der Waals surface area contributed by atoms with E-state index in [0.29, 0.717) is 30.4 Å². The van der Waals surface area contributed by atoms with Gasteiger partial charge in [0.05, 0.1) is 17.8 Å². The molecule has 1 atom stereocenters. The summed E-state index contributed by atoms with van der Waals surface area (Å²) < 4.78 is 0. The van der Waals surface area contributed by atoms with Crippen molar-refractivity contribution in [3.63, 3.8) is 0 Å². The topological polar surface area (TPSA) is 80.9 Å². The van der Waals surface area contributed by atoms with E-state index in [1.807, 2.05) is 0 Å². The Hall–Kier alpha value is -1.10. The van der Waals surface area contributed by atoms with Crippen LogP contribution in [0.4, 0.5) is 0 Å². The van der Waals surface area contributed by atoms with Crippen molar-refractivity contribution in [2.75, 3.05) is 0 Å². The quantitative estimate of drug-likeness (QED) is 0.636. The summed E-state index contributed by atoms with van der Waals surface area (Å²) in [6.45, 7) is 4.96. The van der Waals surface area contributed by atoms with Crippen LogP contribution in [0.2, 0.25) is 0 Å². The van der Waals surface area contributed by atoms with E-state index in [1.165, 1.54) is 6.07 Å². The molecule has 1 aromatic rings. The fraction of sp³-hybridized carbons (Fsp3) is 0.600. The van der Waals surface area contributed by atoms with Crippen LogP contribution in [0.25, 0.3) is 0 Å². The van der Waals surface area contributed by atoms with E-state index in [4.69, 9.17) is 5.11 Å². The first-order chi connectivity index (χ1) is 8.65. The maximum absolute atomic E-state index is 10.4. The summed E-state index contributed by atoms with van der Waals surface area (Å²) in [4.78, 5) is 0. The van der Waals surface area contributed by atoms with Gasteiger partial charge in [-0.1, -0.05) is 12.1 Å². The molecule has 108 valence electrons. The van der Waals surface area contributed by atoms with Crippen molar-refractivity contribution in [1.29, 1.82) is 0 Å². The third kappa shape index (κ3) is 4.82. The summed E-state index contributed by atoms with van der Waals surface area (Å²) in [7, 11) is 0. The molecule has 4 nitrogen and oxygen atoms in total. The van der Waals surface area contributed by atoms with Gasteiger partial charge in [-0.3, -0.25) is 0 Å². The number of rotatable bonds is 6. The van der Waals surface area contributed by atoms with Crippen molar-refractivity contribution in [1.82, 2.24) is 0 Å². The minimum Gasteiger partial charge on any atom is -0.508 e. The van der Waals surface area contributed by atoms with Gasteiger partial charge in [-0.2, -0.15) is 0 Å². The molecule has 0 radical (unpaired) electrons. The summed E-state index contributed by atoms with van der Waals surface area (Å²) in [5, 5.41) is 39.0. The molecule has 0 spiro atoms. The molecule has 0 heterocycles. The van der Waals surface area contributed by atoms with Gasteiger partial charge in [0, 0.05) is 5.56 Å². The lowest BCUT2D eigenvalue weighted by Gasteiger charge is -2.26. The van der Waals surface area contributed by atoms with Crippen LogP contribution >= 0.6 is 0 Å². The molecule has 0 aliphatic carbocycles. The van der Waals surface area contributed by atoms with Crippen molar-refractivity contribution in [2.24, 2.45) is 0 Å². The van der Waals surface area contributed by atoms with Crippen LogP contribution in [-0.4, -0.2) is 26.0 Å². The van der Waals surface area contributed by atoms with E-state index in [-0.39, 0.29) is 12.4 Å². The number of hydrogen-bond acceptors (Lipinski definition) is 4. The number of aliphatic hydroxyl groups is 3. The second-order valence-corrected chi connectivity index (χ2v) is 5.95. The minimum atomic E-state index is -1.15. The molecule has 0 aliphatic heterocycles. The fourth-order valence-electron chi connectivity index (χ4n) is 2.13. The minimum absolute atomic E-state index is 0.0141. The van der Waals surface area contributed by atoms with E-state index < -0.39 is 11.2 Å². The zero-order valence-electron chi connectivity index (χ0n) is 11.8. The lowest BCUT2D eigenvalue weighted by atomic mass is 9.87. The number of phenols is 1. The lowest BCUT2D eigenvalue weighted by molar-refractivity contribution is 0.0256. The molecule has 0 amide bonds. The average molecular weight is 268 g/mol. The molecule has 0 bridgehead atoms. The third-order valence-electron chi connectivity index (χ3n) is 3.28. The summed E-state index contributed by atoms with van der Waals surface area (Å²) in [6, 6.07) is 4.77. The third-order valence-corrected chi connectivity index (χ3v) is 3.28. The van der Waals surface area contributed by atoms with Gasteiger partial charge in [-0.25, -0.2) is 0 Å². The Bertz CT molecular complexity index is 419. The normalized spacial score (nSPS) is 15.3. The number of phenolic OH excluding ortho intramolecular Hbond substituents is 1. The second-order valence-electron chi connectivity index (χ2n) is 5.95. The zero-order valence-corrected chi connectivity index (χ0v) is 11.8. The van der Waals surface area contributed by atoms with Crippen LogP contribution < -0.4 is 0 Å². The summed E-state index contributed by atoms with van der Waals surface area (Å²) in [5.41, 5.74) is -0.851. The van der Waals surface area contributed by atoms with Crippen LogP contribution in [0.5, 0.6) is 5.75 Å². The maximum Gasteiger partial charge on any atom is 0.122 e. The van der Waals surface area contributed by atoms with Crippen molar-refractivity contribution < 1.29 is 20.4 Å². The number of hydrogen-bond donors (Lipinski definition) is 4. The molecular formula is C15H24O4. The number of aliphatic hydroxyl groups excluding tert-OH is 1. The molecule has 0 aliphatic rings. The molecule has 0 saturated carbocycles. The van der Waals surface area contributed by atoms with Gasteiger partial charge < -0.3 is 20.4 Å². The predicted molar refractivity (Wildman–Crippen MR) is 73.7 cm³/mol. The number of aromatic hydroxyl groups is 1. The first-order valence-electron chi connectivity index (χ1n) is 6.54. The highest BCUT2D eigenvalue weighted by molar-refractivity contribution is 5.39. The molecule has 0 fully saturated rings. The van der Waals surface area contributed by atoms with Gasteiger partial charge in [-0.05, 0) is 51.7 Å². The van der Waals surface area contributed by atoms with Gasteiger partial charge in [0.25, 0.3) is 0 Å². The van der Waals surface area contributed by atoms with Gasteiger partial charge >= 0.3 is 0 Å². The van der Waals surface area contributed by atoms with Crippen molar-refractivity contribution in [3.8, 4) is 5.75 Å². The van der Waals surface area contributed by atoms with E-state index in [1.54, 1.807) is 32.9 Å². The molecule has 19 heavy (non-hydrogen) atoms. The molecule has 4 N–H and O–H groups in total. The molecular weight excluding hydrogens is 244 g/mol. The first kappa shape index (κ1) is 16.0. The standard InChI is InChI=1S/C15H24O4/c1-14(2,18)7-4-8-15(3,19)12-6-5-11(10-16)9-13(12)17/h5-6,9,16-19H,4,7-8,10H2,1-3H3/t15-/m0/s1. The Kier molecular flexibility index (Phi) is 4.96. The molecule has 0 aromatic heterocycles. The van der Waals surface area contributed by atoms with Crippen LogP contribution in [-0.2, 0) is 12.2 Å². The lowest BCUT2D eigenvalue weighted by Crippen LogP contribution is -2.24. The van der Waals surface area contributed by atoms with E-state index in [2.05, 4.69) is 0 Å². The van der Waals surface area contributed by atoms with Gasteiger partial charge in [0.1, 0.15) is 5.75 Å². The fourth-order valence-corrected chi connectivity index (χ4v) is 2.13. The Morgan fingerprint density at radius 1 is 1.05 bits per heavy atom. The number of benzene rings is 1. The highest BCUT2D eigenvalue weighted by Crippen LogP contribution is 2.34. The monoisotopic (exact) mass is 268 g/mol. The molecule has 0 saturated heterocycles. The average Bonchev–Trinajstić information content (AvgIpc) is 2.26. The van der Waals surface area contributed by atoms with Gasteiger partial charge in [0.15, 0.2) is 0 Å². The van der Waals surface area contributed by atoms with Crippen LogP contribution in [0.1, 0.15) is 51.2 Å². The molecule has 1 rings (SSSR count). The maximum atomic E-state index is 10.4. The van der Waals surface area contributed by atoms with Gasteiger partial charge in [-0.15, -0.1) is 0 Å². The largest absolute Gasteiger partial charge is 0.508 e. The van der Waals surface area contributed by atoms with Gasteiger partial charge in [0.2, 0.25) is 0 Å². The van der Waals surface area contributed by atoms with E-state index in [9.17, 15) is 15.3 Å². The molecule has 1 aromatic carbocycles. The van der Waals surface area contributed by atoms with Crippen molar-refractivity contribution >= 4 is 0 Å². The predicted octanol–water partition coefficient (Wildman–Crippen LogP) is 2.03. The smallest absolute Gasteiger partial charge is 0.122 e. The Balaban J connectivity index is 2.76. The Morgan fingerprint density at radius 2 is 1.68 bits per heavy atom. The Morgan fingerprint density at radius 3 is 2.16 bits per heavy atom. The van der Waals surface area contributed by atoms with E-state index in [0.717, 1.165) is 0 Å². The zero-order chi connectivity index (χ0) is 14.7. The van der Waals surface area contributed by atoms with E-state index >= 15 is 0 Å². The first-order valence-corrected chi connectivity index (χ1v) is 6.54. The van der Waals surface area contributed by atoms with Crippen molar-refractivity contribution in [2.45, 2.75) is 57.8 Å². The van der Waals surface area contributed by atoms with Crippen molar-refractivity contribution in [3.05, 3.63) is 29.3 Å². The SMILES string of the molecule is CC(C)(O)CCC[C@](C)(O)c1ccc(CO)cc1O. The molecule has 4 heteroatoms. The Labute approximate surface area is 114 Å².